The number of rotatable bonds is 4. The highest BCUT2D eigenvalue weighted by atomic mass is 16.2. The van der Waals surface area contributed by atoms with Crippen molar-refractivity contribution in [1.82, 2.24) is 5.32 Å². The second kappa shape index (κ2) is 6.10. The minimum absolute atomic E-state index is 0.0796. The van der Waals surface area contributed by atoms with Gasteiger partial charge < -0.3 is 11.1 Å². The fraction of sp³-hybridized carbons (Fsp3) is 0.278. The van der Waals surface area contributed by atoms with Crippen molar-refractivity contribution in [3.63, 3.8) is 0 Å². The summed E-state index contributed by atoms with van der Waals surface area (Å²) in [4.78, 5) is 12.5. The lowest BCUT2D eigenvalue weighted by molar-refractivity contribution is -0.126. The predicted molar refractivity (Wildman–Crippen MR) is 85.7 cm³/mol. The van der Waals surface area contributed by atoms with E-state index in [2.05, 4.69) is 11.4 Å². The highest BCUT2D eigenvalue weighted by molar-refractivity contribution is 5.87. The van der Waals surface area contributed by atoms with E-state index < -0.39 is 5.54 Å². The number of hydrogen-bond donors (Lipinski definition) is 2. The van der Waals surface area contributed by atoms with E-state index in [1.165, 1.54) is 5.56 Å². The van der Waals surface area contributed by atoms with Gasteiger partial charge in [0.25, 0.3) is 0 Å². The van der Waals surface area contributed by atoms with E-state index in [4.69, 9.17) is 5.73 Å². The number of benzene rings is 2. The van der Waals surface area contributed by atoms with Crippen LogP contribution < -0.4 is 11.1 Å². The first-order chi connectivity index (χ1) is 9.91. The minimum Gasteiger partial charge on any atom is -0.348 e. The van der Waals surface area contributed by atoms with E-state index in [1.807, 2.05) is 62.4 Å². The van der Waals surface area contributed by atoms with Crippen LogP contribution >= 0.6 is 0 Å². The zero-order chi connectivity index (χ0) is 15.5. The number of hydrogen-bond acceptors (Lipinski definition) is 2. The van der Waals surface area contributed by atoms with Crippen LogP contribution in [-0.2, 0) is 10.3 Å². The third-order valence-electron chi connectivity index (χ3n) is 3.73. The number of aryl methyl sites for hydroxylation is 1. The Morgan fingerprint density at radius 1 is 1.14 bits per heavy atom. The van der Waals surface area contributed by atoms with E-state index >= 15 is 0 Å². The molecule has 1 amide bonds. The molecule has 0 fully saturated rings. The molecule has 0 aromatic heterocycles. The van der Waals surface area contributed by atoms with Gasteiger partial charge in [-0.15, -0.1) is 0 Å². The first-order valence-electron chi connectivity index (χ1n) is 7.13. The Bertz CT molecular complexity index is 620. The van der Waals surface area contributed by atoms with Crippen LogP contribution in [0, 0.1) is 6.92 Å². The van der Waals surface area contributed by atoms with Gasteiger partial charge in [0.1, 0.15) is 5.54 Å². The second-order valence-corrected chi connectivity index (χ2v) is 5.68. The van der Waals surface area contributed by atoms with Crippen LogP contribution in [0.15, 0.2) is 54.6 Å². The van der Waals surface area contributed by atoms with Gasteiger partial charge in [0, 0.05) is 0 Å². The molecule has 0 radical (unpaired) electrons. The summed E-state index contributed by atoms with van der Waals surface area (Å²) >= 11 is 0. The summed E-state index contributed by atoms with van der Waals surface area (Å²) in [5.74, 6) is -0.178. The molecule has 0 aliphatic rings. The highest BCUT2D eigenvalue weighted by Gasteiger charge is 2.31. The Balaban J connectivity index is 2.14. The molecule has 0 spiro atoms. The van der Waals surface area contributed by atoms with E-state index in [0.29, 0.717) is 0 Å². The lowest BCUT2D eigenvalue weighted by Crippen LogP contribution is -2.49. The van der Waals surface area contributed by atoms with Gasteiger partial charge in [0.05, 0.1) is 6.04 Å². The molecule has 0 bridgehead atoms. The standard InChI is InChI=1S/C18H22N2O/c1-13-8-7-9-15(12-13)14(2)20-17(21)18(3,19)16-10-5-4-6-11-16/h4-12,14H,19H2,1-3H3,(H,20,21)/t14-,18?/m1/s1. The fourth-order valence-electron chi connectivity index (χ4n) is 2.28. The number of nitrogens with two attached hydrogens (primary N) is 1. The summed E-state index contributed by atoms with van der Waals surface area (Å²) in [7, 11) is 0. The molecule has 2 aromatic carbocycles. The zero-order valence-corrected chi connectivity index (χ0v) is 12.8. The van der Waals surface area contributed by atoms with Crippen LogP contribution in [0.3, 0.4) is 0 Å². The van der Waals surface area contributed by atoms with Crippen molar-refractivity contribution >= 4 is 5.91 Å². The van der Waals surface area contributed by atoms with E-state index in [0.717, 1.165) is 11.1 Å². The first-order valence-corrected chi connectivity index (χ1v) is 7.13. The molecule has 0 saturated carbocycles. The molecule has 2 aromatic rings. The molecule has 0 aliphatic carbocycles. The average molecular weight is 282 g/mol. The lowest BCUT2D eigenvalue weighted by Gasteiger charge is -2.26. The Labute approximate surface area is 126 Å². The van der Waals surface area contributed by atoms with Crippen molar-refractivity contribution < 1.29 is 4.79 Å². The molecule has 21 heavy (non-hydrogen) atoms. The van der Waals surface area contributed by atoms with Gasteiger partial charge in [-0.25, -0.2) is 0 Å². The Hall–Kier alpha value is -2.13. The fourth-order valence-corrected chi connectivity index (χ4v) is 2.28. The molecule has 2 rings (SSSR count). The van der Waals surface area contributed by atoms with Gasteiger partial charge in [-0.05, 0) is 31.9 Å². The van der Waals surface area contributed by atoms with E-state index in [9.17, 15) is 4.79 Å². The summed E-state index contributed by atoms with van der Waals surface area (Å²) in [5.41, 5.74) is 8.24. The van der Waals surface area contributed by atoms with Crippen LogP contribution in [0.5, 0.6) is 0 Å². The summed E-state index contributed by atoms with van der Waals surface area (Å²) in [5, 5.41) is 3.00. The maximum atomic E-state index is 12.5. The van der Waals surface area contributed by atoms with Crippen LogP contribution in [-0.4, -0.2) is 5.91 Å². The van der Waals surface area contributed by atoms with Gasteiger partial charge in [0.15, 0.2) is 0 Å². The summed E-state index contributed by atoms with van der Waals surface area (Å²) in [6, 6.07) is 17.5. The number of nitrogens with one attached hydrogen (secondary N) is 1. The summed E-state index contributed by atoms with van der Waals surface area (Å²) in [6.07, 6.45) is 0. The number of amides is 1. The average Bonchev–Trinajstić information content (AvgIpc) is 2.48. The van der Waals surface area contributed by atoms with Crippen molar-refractivity contribution in [1.29, 1.82) is 0 Å². The largest absolute Gasteiger partial charge is 0.348 e. The normalized spacial score (nSPS) is 15.0. The van der Waals surface area contributed by atoms with Crippen LogP contribution in [0.25, 0.3) is 0 Å². The summed E-state index contributed by atoms with van der Waals surface area (Å²) < 4.78 is 0. The molecule has 3 N–H and O–H groups in total. The molecule has 0 aliphatic heterocycles. The molecule has 0 saturated heterocycles. The molecular formula is C18H22N2O. The SMILES string of the molecule is Cc1cccc([C@@H](C)NC(=O)C(C)(N)c2ccccc2)c1. The minimum atomic E-state index is -1.04. The van der Waals surface area contributed by atoms with Crippen LogP contribution in [0.2, 0.25) is 0 Å². The zero-order valence-electron chi connectivity index (χ0n) is 12.8. The molecule has 2 atom stereocenters. The Morgan fingerprint density at radius 2 is 1.81 bits per heavy atom. The maximum Gasteiger partial charge on any atom is 0.244 e. The number of carbonyl (C=O) groups is 1. The van der Waals surface area contributed by atoms with Gasteiger partial charge in [-0.3, -0.25) is 4.79 Å². The molecule has 110 valence electrons. The van der Waals surface area contributed by atoms with E-state index in [-0.39, 0.29) is 11.9 Å². The smallest absolute Gasteiger partial charge is 0.244 e. The molecular weight excluding hydrogens is 260 g/mol. The Morgan fingerprint density at radius 3 is 2.43 bits per heavy atom. The lowest BCUT2D eigenvalue weighted by atomic mass is 9.91. The number of carbonyl (C=O) groups excluding carboxylic acids is 1. The van der Waals surface area contributed by atoms with Crippen molar-refractivity contribution in [3.8, 4) is 0 Å². The Kier molecular flexibility index (Phi) is 4.43. The van der Waals surface area contributed by atoms with Crippen molar-refractivity contribution in [2.24, 2.45) is 5.73 Å². The van der Waals surface area contributed by atoms with Crippen molar-refractivity contribution in [2.45, 2.75) is 32.4 Å². The molecule has 1 unspecified atom stereocenters. The molecule has 0 heterocycles. The van der Waals surface area contributed by atoms with Gasteiger partial charge in [-0.1, -0.05) is 60.2 Å². The third-order valence-corrected chi connectivity index (χ3v) is 3.73. The molecule has 3 nitrogen and oxygen atoms in total. The van der Waals surface area contributed by atoms with Gasteiger partial charge in [-0.2, -0.15) is 0 Å². The second-order valence-electron chi connectivity index (χ2n) is 5.68. The molecule has 3 heteroatoms. The first kappa shape index (κ1) is 15.3. The summed E-state index contributed by atoms with van der Waals surface area (Å²) in [6.45, 7) is 5.74. The topological polar surface area (TPSA) is 55.1 Å². The van der Waals surface area contributed by atoms with Gasteiger partial charge in [0.2, 0.25) is 5.91 Å². The van der Waals surface area contributed by atoms with Crippen LogP contribution in [0.1, 0.15) is 36.6 Å². The van der Waals surface area contributed by atoms with Gasteiger partial charge >= 0.3 is 0 Å². The predicted octanol–water partition coefficient (Wildman–Crippen LogP) is 3.05. The highest BCUT2D eigenvalue weighted by Crippen LogP contribution is 2.20. The third kappa shape index (κ3) is 3.50. The monoisotopic (exact) mass is 282 g/mol. The van der Waals surface area contributed by atoms with Crippen molar-refractivity contribution in [3.05, 3.63) is 71.3 Å². The van der Waals surface area contributed by atoms with Crippen LogP contribution in [0.4, 0.5) is 0 Å². The quantitative estimate of drug-likeness (QED) is 0.905. The van der Waals surface area contributed by atoms with Crippen molar-refractivity contribution in [2.75, 3.05) is 0 Å². The van der Waals surface area contributed by atoms with E-state index in [1.54, 1.807) is 6.92 Å². The maximum absolute atomic E-state index is 12.5.